The van der Waals surface area contributed by atoms with Crippen LogP contribution in [-0.2, 0) is 9.47 Å². The van der Waals surface area contributed by atoms with E-state index < -0.39 is 82.9 Å². The van der Waals surface area contributed by atoms with Gasteiger partial charge in [0.2, 0.25) is 5.83 Å². The maximum absolute atomic E-state index is 14.6. The number of benzene rings is 1. The fourth-order valence-electron chi connectivity index (χ4n) is 3.49. The van der Waals surface area contributed by atoms with E-state index in [1.54, 1.807) is 19.2 Å². The van der Waals surface area contributed by atoms with Gasteiger partial charge in [-0.15, -0.1) is 0 Å². The standard InChI is InChI=1S/C27H27F17N2O5/c1-3-5-7-11-49-19(47)45-14-9-10-15(46-20(48)50-12-8-6-4-2)16(13-14)51-18(29)17(28)21(30,31)22(32,33)23(34,35)24(36,37)25(38,39)26(40,41)27(42,43)44/h9-10,13H,3-8,11-12H2,1-2H3,(H,45,47)(H,46,48). The van der Waals surface area contributed by atoms with Crippen LogP contribution >= 0.6 is 0 Å². The summed E-state index contributed by atoms with van der Waals surface area (Å²) in [5.74, 6) is -56.6. The Kier molecular flexibility index (Phi) is 14.7. The molecule has 0 aliphatic carbocycles. The first-order valence-corrected chi connectivity index (χ1v) is 14.2. The average molecular weight is 782 g/mol. The normalized spacial score (nSPS) is 14.1. The molecule has 7 nitrogen and oxygen atoms in total. The van der Waals surface area contributed by atoms with Gasteiger partial charge in [-0.2, -0.15) is 74.6 Å². The van der Waals surface area contributed by atoms with Crippen molar-refractivity contribution in [2.45, 2.75) is 94.1 Å². The van der Waals surface area contributed by atoms with Crippen molar-refractivity contribution in [1.29, 1.82) is 0 Å². The molecule has 24 heteroatoms. The highest BCUT2D eigenvalue weighted by atomic mass is 19.4. The summed E-state index contributed by atoms with van der Waals surface area (Å²) < 4.78 is 245. The Morgan fingerprint density at radius 3 is 1.49 bits per heavy atom. The molecule has 1 rings (SSSR count). The van der Waals surface area contributed by atoms with Crippen LogP contribution in [0.1, 0.15) is 52.4 Å². The Morgan fingerprint density at radius 2 is 1.04 bits per heavy atom. The number of halogens is 17. The van der Waals surface area contributed by atoms with Crippen molar-refractivity contribution in [3.05, 3.63) is 30.0 Å². The van der Waals surface area contributed by atoms with E-state index in [4.69, 9.17) is 9.47 Å². The van der Waals surface area contributed by atoms with Crippen molar-refractivity contribution >= 4 is 23.6 Å². The van der Waals surface area contributed by atoms with Gasteiger partial charge >= 0.3 is 59.9 Å². The Labute approximate surface area is 276 Å². The number of anilines is 2. The molecule has 2 N–H and O–H groups in total. The molecule has 2 amide bonds. The highest BCUT2D eigenvalue weighted by molar-refractivity contribution is 5.89. The molecule has 294 valence electrons. The van der Waals surface area contributed by atoms with Crippen LogP contribution in [0.2, 0.25) is 0 Å². The van der Waals surface area contributed by atoms with Crippen molar-refractivity contribution in [1.82, 2.24) is 0 Å². The van der Waals surface area contributed by atoms with Gasteiger partial charge in [-0.1, -0.05) is 39.5 Å². The minimum absolute atomic E-state index is 0.165. The number of hydrogen-bond acceptors (Lipinski definition) is 5. The third kappa shape index (κ3) is 9.51. The summed E-state index contributed by atoms with van der Waals surface area (Å²) in [7, 11) is 0. The molecule has 51 heavy (non-hydrogen) atoms. The number of amides is 2. The molecule has 0 spiro atoms. The smallest absolute Gasteiger partial charge is 0.449 e. The average Bonchev–Trinajstić information content (AvgIpc) is 3.01. The van der Waals surface area contributed by atoms with Gasteiger partial charge in [-0.3, -0.25) is 10.6 Å². The Morgan fingerprint density at radius 1 is 0.608 bits per heavy atom. The summed E-state index contributed by atoms with van der Waals surface area (Å²) in [6.45, 7) is 3.12. The summed E-state index contributed by atoms with van der Waals surface area (Å²) in [6.07, 6.45) is -7.40. The number of carbonyl (C=O) groups is 2. The quantitative estimate of drug-likeness (QED) is 0.0880. The SMILES string of the molecule is CCCCCOC(=O)Nc1ccc(NC(=O)OCCCCC)c(OC(F)=C(F)C(F)(F)C(F)(F)C(F)(F)C(F)(F)C(F)(F)C(F)(F)C(F)(F)F)c1. The predicted molar refractivity (Wildman–Crippen MR) is 141 cm³/mol. The van der Waals surface area contributed by atoms with Crippen LogP contribution in [0.15, 0.2) is 30.0 Å². The van der Waals surface area contributed by atoms with Gasteiger partial charge in [0.1, 0.15) is 0 Å². The number of ether oxygens (including phenoxy) is 3. The molecular weight excluding hydrogens is 755 g/mol. The van der Waals surface area contributed by atoms with Gasteiger partial charge in [0.15, 0.2) is 5.75 Å². The van der Waals surface area contributed by atoms with Crippen LogP contribution in [0, 0.1) is 0 Å². The minimum Gasteiger partial charge on any atom is -0.449 e. The van der Waals surface area contributed by atoms with Gasteiger partial charge in [0.25, 0.3) is 0 Å². The Hall–Kier alpha value is -3.89. The molecule has 1 aromatic rings. The predicted octanol–water partition coefficient (Wildman–Crippen LogP) is 11.0. The maximum Gasteiger partial charge on any atom is 0.460 e. The molecule has 0 atom stereocenters. The Balaban J connectivity index is 3.62. The van der Waals surface area contributed by atoms with Crippen molar-refractivity contribution < 1.29 is 98.4 Å². The van der Waals surface area contributed by atoms with Gasteiger partial charge in [0, 0.05) is 11.8 Å². The lowest BCUT2D eigenvalue weighted by Gasteiger charge is -2.41. The minimum atomic E-state index is -8.75. The molecule has 0 bridgehead atoms. The van der Waals surface area contributed by atoms with E-state index in [1.807, 2.05) is 5.32 Å². The van der Waals surface area contributed by atoms with E-state index in [0.717, 1.165) is 6.07 Å². The fourth-order valence-corrected chi connectivity index (χ4v) is 3.49. The first-order valence-electron chi connectivity index (χ1n) is 14.2. The largest absolute Gasteiger partial charge is 0.460 e. The maximum atomic E-state index is 14.6. The van der Waals surface area contributed by atoms with Crippen molar-refractivity contribution in [2.75, 3.05) is 23.8 Å². The van der Waals surface area contributed by atoms with E-state index in [1.165, 1.54) is 0 Å². The second kappa shape index (κ2) is 16.6. The lowest BCUT2D eigenvalue weighted by molar-refractivity contribution is -0.451. The van der Waals surface area contributed by atoms with Crippen molar-refractivity contribution in [3.63, 3.8) is 0 Å². The van der Waals surface area contributed by atoms with Crippen LogP contribution in [0.4, 0.5) is 95.6 Å². The number of rotatable bonds is 18. The van der Waals surface area contributed by atoms with E-state index >= 15 is 0 Å². The zero-order valence-electron chi connectivity index (χ0n) is 25.9. The van der Waals surface area contributed by atoms with E-state index in [2.05, 4.69) is 4.74 Å². The van der Waals surface area contributed by atoms with Gasteiger partial charge in [-0.05, 0) is 25.0 Å². The van der Waals surface area contributed by atoms with Gasteiger partial charge in [0.05, 0.1) is 18.9 Å². The van der Waals surface area contributed by atoms with Crippen LogP contribution in [0.25, 0.3) is 0 Å². The zero-order chi connectivity index (χ0) is 39.9. The molecule has 0 saturated carbocycles. The topological polar surface area (TPSA) is 85.9 Å². The summed E-state index contributed by atoms with van der Waals surface area (Å²) in [5.41, 5.74) is -1.53. The highest BCUT2D eigenvalue weighted by Gasteiger charge is 2.94. The molecule has 0 aliphatic heterocycles. The molecule has 0 saturated heterocycles. The summed E-state index contributed by atoms with van der Waals surface area (Å²) >= 11 is 0. The summed E-state index contributed by atoms with van der Waals surface area (Å²) in [6, 6.07) is -1.96. The monoisotopic (exact) mass is 782 g/mol. The molecule has 0 aromatic heterocycles. The van der Waals surface area contributed by atoms with Crippen LogP contribution < -0.4 is 15.4 Å². The molecule has 0 radical (unpaired) electrons. The zero-order valence-corrected chi connectivity index (χ0v) is 25.9. The number of carbonyl (C=O) groups excluding carboxylic acids is 2. The highest BCUT2D eigenvalue weighted by Crippen LogP contribution is 2.63. The van der Waals surface area contributed by atoms with Crippen LogP contribution in [0.3, 0.4) is 0 Å². The second-order valence-corrected chi connectivity index (χ2v) is 10.3. The van der Waals surface area contributed by atoms with E-state index in [9.17, 15) is 84.2 Å². The second-order valence-electron chi connectivity index (χ2n) is 10.3. The fraction of sp³-hybridized carbons (Fsp3) is 0.630. The summed E-state index contributed by atoms with van der Waals surface area (Å²) in [4.78, 5) is 24.0. The third-order valence-electron chi connectivity index (χ3n) is 6.40. The molecular formula is C27H27F17N2O5. The van der Waals surface area contributed by atoms with Crippen molar-refractivity contribution in [2.24, 2.45) is 0 Å². The molecule has 0 unspecified atom stereocenters. The molecule has 1 aromatic carbocycles. The number of alkyl halides is 15. The van der Waals surface area contributed by atoms with Crippen LogP contribution in [-0.4, -0.2) is 67.1 Å². The number of allylic oxidation sites excluding steroid dienone is 1. The molecule has 0 fully saturated rings. The first-order chi connectivity index (χ1) is 23.1. The van der Waals surface area contributed by atoms with Gasteiger partial charge < -0.3 is 14.2 Å². The lowest BCUT2D eigenvalue weighted by Crippen LogP contribution is -2.72. The van der Waals surface area contributed by atoms with E-state index in [-0.39, 0.29) is 19.6 Å². The molecule has 0 aliphatic rings. The molecule has 0 heterocycles. The lowest BCUT2D eigenvalue weighted by atomic mass is 9.91. The van der Waals surface area contributed by atoms with E-state index in [0.29, 0.717) is 44.2 Å². The van der Waals surface area contributed by atoms with Crippen molar-refractivity contribution in [3.8, 4) is 5.75 Å². The first kappa shape index (κ1) is 45.1. The number of unbranched alkanes of at least 4 members (excludes halogenated alkanes) is 4. The summed E-state index contributed by atoms with van der Waals surface area (Å²) in [5, 5.41) is 3.71. The number of hydrogen-bond donors (Lipinski definition) is 2. The Bertz CT molecular complexity index is 1380. The van der Waals surface area contributed by atoms with Crippen LogP contribution in [0.5, 0.6) is 5.75 Å². The number of nitrogens with one attached hydrogen (secondary N) is 2. The third-order valence-corrected chi connectivity index (χ3v) is 6.40. The van der Waals surface area contributed by atoms with Gasteiger partial charge in [-0.25, -0.2) is 9.59 Å².